The first kappa shape index (κ1) is 19.4. The molecule has 2 heterocycles. The van der Waals surface area contributed by atoms with Crippen LogP contribution < -0.4 is 5.69 Å². The zero-order chi connectivity index (χ0) is 19.6. The Bertz CT molecular complexity index is 997. The number of rotatable bonds is 6. The van der Waals surface area contributed by atoms with Crippen molar-refractivity contribution in [1.82, 2.24) is 14.5 Å². The number of H-pyrrole nitrogens is 1. The largest absolute Gasteiger partial charge is 0.481 e. The minimum Gasteiger partial charge on any atom is -0.481 e. The van der Waals surface area contributed by atoms with Gasteiger partial charge in [-0.1, -0.05) is 53.8 Å². The fraction of sp³-hybridized carbons (Fsp3) is 0.176. The maximum absolute atomic E-state index is 12.6. The summed E-state index contributed by atoms with van der Waals surface area (Å²) in [4.78, 5) is 39.7. The highest BCUT2D eigenvalue weighted by atomic mass is 35.5. The van der Waals surface area contributed by atoms with Crippen LogP contribution in [-0.2, 0) is 9.59 Å². The molecular formula is C17H14ClN3O4S2. The molecule has 1 saturated heterocycles. The lowest BCUT2D eigenvalue weighted by atomic mass is 10.3. The molecule has 0 radical (unpaired) electrons. The molecule has 0 aliphatic carbocycles. The minimum atomic E-state index is -0.929. The third kappa shape index (κ3) is 4.15. The normalized spacial score (nSPS) is 15.7. The molecule has 1 aromatic carbocycles. The van der Waals surface area contributed by atoms with E-state index in [4.69, 9.17) is 28.9 Å². The number of amides is 1. The average molecular weight is 424 g/mol. The Balaban J connectivity index is 1.92. The number of carbonyl (C=O) groups excluding carboxylic acids is 1. The minimum absolute atomic E-state index is 0.0483. The van der Waals surface area contributed by atoms with Gasteiger partial charge in [-0.15, -0.1) is 0 Å². The average Bonchev–Trinajstić information content (AvgIpc) is 3.05. The molecule has 0 unspecified atom stereocenters. The number of hydrogen-bond acceptors (Lipinski definition) is 5. The monoisotopic (exact) mass is 423 g/mol. The lowest BCUT2D eigenvalue weighted by molar-refractivity contribution is -0.137. The number of halogens is 1. The van der Waals surface area contributed by atoms with E-state index in [9.17, 15) is 14.4 Å². The number of aliphatic carboxylic acids is 1. The molecule has 3 rings (SSSR count). The molecule has 0 spiro atoms. The van der Waals surface area contributed by atoms with Crippen LogP contribution in [0.25, 0.3) is 11.8 Å². The summed E-state index contributed by atoms with van der Waals surface area (Å²) in [6, 6.07) is 8.90. The lowest BCUT2D eigenvalue weighted by Crippen LogP contribution is -2.29. The maximum Gasteiger partial charge on any atom is 0.331 e. The van der Waals surface area contributed by atoms with E-state index in [1.807, 2.05) is 6.07 Å². The highest BCUT2D eigenvalue weighted by Gasteiger charge is 2.32. The van der Waals surface area contributed by atoms with E-state index in [-0.39, 0.29) is 24.0 Å². The Morgan fingerprint density at radius 2 is 2.00 bits per heavy atom. The van der Waals surface area contributed by atoms with Crippen molar-refractivity contribution in [2.24, 2.45) is 0 Å². The summed E-state index contributed by atoms with van der Waals surface area (Å²) in [7, 11) is 0. The molecule has 0 atom stereocenters. The summed E-state index contributed by atoms with van der Waals surface area (Å²) in [5.74, 6) is -1.26. The predicted octanol–water partition coefficient (Wildman–Crippen LogP) is 2.89. The first-order valence-corrected chi connectivity index (χ1v) is 9.52. The SMILES string of the molecule is O=C(O)CCCN1C(=O)/C(=C\c2c(Cl)[nH]c(=O)n2-c2ccccc2)SC1=S. The Labute approximate surface area is 168 Å². The van der Waals surface area contributed by atoms with Crippen molar-refractivity contribution in [2.45, 2.75) is 12.8 Å². The van der Waals surface area contributed by atoms with Crippen LogP contribution in [0.5, 0.6) is 0 Å². The number of nitrogens with one attached hydrogen (secondary N) is 1. The van der Waals surface area contributed by atoms with Gasteiger partial charge in [0.05, 0.1) is 16.3 Å². The standard InChI is InChI=1S/C17H14ClN3O4S2/c18-14-11(21(16(25)19-14)10-5-2-1-3-6-10)9-12-15(24)20(17(26)27-12)8-4-7-13(22)23/h1-3,5-6,9H,4,7-8H2,(H,19,25)(H,22,23)/b12-9+. The van der Waals surface area contributed by atoms with Gasteiger partial charge in [-0.25, -0.2) is 4.79 Å². The second-order valence-corrected chi connectivity index (χ2v) is 7.68. The molecule has 10 heteroatoms. The molecule has 7 nitrogen and oxygen atoms in total. The smallest absolute Gasteiger partial charge is 0.331 e. The highest BCUT2D eigenvalue weighted by molar-refractivity contribution is 8.26. The number of aromatic amines is 1. The second-order valence-electron chi connectivity index (χ2n) is 5.63. The van der Waals surface area contributed by atoms with Crippen molar-refractivity contribution in [1.29, 1.82) is 0 Å². The molecule has 1 aliphatic heterocycles. The number of carboxylic acids is 1. The van der Waals surface area contributed by atoms with Crippen LogP contribution >= 0.6 is 35.6 Å². The van der Waals surface area contributed by atoms with Gasteiger partial charge in [-0.2, -0.15) is 0 Å². The van der Waals surface area contributed by atoms with Crippen LogP contribution in [0.4, 0.5) is 0 Å². The van der Waals surface area contributed by atoms with Crippen molar-refractivity contribution in [3.8, 4) is 5.69 Å². The molecule has 140 valence electrons. The molecule has 0 bridgehead atoms. The number of thiocarbonyl (C=S) groups is 1. The summed E-state index contributed by atoms with van der Waals surface area (Å²) in [5.41, 5.74) is 0.530. The number of imidazole rings is 1. The molecule has 2 N–H and O–H groups in total. The molecule has 1 amide bonds. The van der Waals surface area contributed by atoms with E-state index in [0.29, 0.717) is 27.0 Å². The lowest BCUT2D eigenvalue weighted by Gasteiger charge is -2.13. The zero-order valence-electron chi connectivity index (χ0n) is 13.8. The Hall–Kier alpha value is -2.36. The molecular weight excluding hydrogens is 410 g/mol. The number of thioether (sulfide) groups is 1. The number of benzene rings is 1. The van der Waals surface area contributed by atoms with Crippen molar-refractivity contribution in [2.75, 3.05) is 6.54 Å². The summed E-state index contributed by atoms with van der Waals surface area (Å²) < 4.78 is 1.72. The van der Waals surface area contributed by atoms with Crippen LogP contribution in [0.2, 0.25) is 5.15 Å². The van der Waals surface area contributed by atoms with Gasteiger partial charge in [0.25, 0.3) is 5.91 Å². The van der Waals surface area contributed by atoms with Gasteiger partial charge < -0.3 is 5.11 Å². The van der Waals surface area contributed by atoms with Gasteiger partial charge >= 0.3 is 11.7 Å². The molecule has 1 fully saturated rings. The Morgan fingerprint density at radius 3 is 2.67 bits per heavy atom. The van der Waals surface area contributed by atoms with Crippen molar-refractivity contribution in [3.05, 3.63) is 56.6 Å². The molecule has 1 aromatic heterocycles. The molecule has 1 aliphatic rings. The van der Waals surface area contributed by atoms with E-state index < -0.39 is 11.7 Å². The van der Waals surface area contributed by atoms with Crippen LogP contribution in [0.3, 0.4) is 0 Å². The van der Waals surface area contributed by atoms with Crippen molar-refractivity contribution < 1.29 is 14.7 Å². The van der Waals surface area contributed by atoms with E-state index in [1.54, 1.807) is 24.3 Å². The summed E-state index contributed by atoms with van der Waals surface area (Å²) in [5, 5.41) is 8.85. The van der Waals surface area contributed by atoms with E-state index in [0.717, 1.165) is 11.8 Å². The Kier molecular flexibility index (Phi) is 5.83. The zero-order valence-corrected chi connectivity index (χ0v) is 16.2. The predicted molar refractivity (Wildman–Crippen MR) is 108 cm³/mol. The number of nitrogens with zero attached hydrogens (tertiary/aromatic N) is 2. The number of para-hydroxylation sites is 1. The third-order valence-electron chi connectivity index (χ3n) is 3.81. The summed E-state index contributed by atoms with van der Waals surface area (Å²) >= 11 is 12.5. The first-order valence-electron chi connectivity index (χ1n) is 7.91. The van der Waals surface area contributed by atoms with Crippen molar-refractivity contribution in [3.63, 3.8) is 0 Å². The fourth-order valence-corrected chi connectivity index (χ4v) is 4.09. The van der Waals surface area contributed by atoms with E-state index in [2.05, 4.69) is 4.98 Å². The van der Waals surface area contributed by atoms with Crippen LogP contribution in [0.15, 0.2) is 40.0 Å². The number of carbonyl (C=O) groups is 2. The Morgan fingerprint density at radius 1 is 1.30 bits per heavy atom. The highest BCUT2D eigenvalue weighted by Crippen LogP contribution is 2.33. The van der Waals surface area contributed by atoms with E-state index in [1.165, 1.54) is 15.5 Å². The van der Waals surface area contributed by atoms with Gasteiger partial charge in [0.2, 0.25) is 0 Å². The molecule has 27 heavy (non-hydrogen) atoms. The number of hydrogen-bond donors (Lipinski definition) is 2. The summed E-state index contributed by atoms with van der Waals surface area (Å²) in [6.45, 7) is 0.223. The van der Waals surface area contributed by atoms with Gasteiger partial charge in [0.15, 0.2) is 0 Å². The third-order valence-corrected chi connectivity index (χ3v) is 5.48. The quantitative estimate of drug-likeness (QED) is 0.548. The first-order chi connectivity index (χ1) is 12.9. The number of aromatic nitrogens is 2. The second kappa shape index (κ2) is 8.12. The molecule has 2 aromatic rings. The maximum atomic E-state index is 12.6. The van der Waals surface area contributed by atoms with Crippen LogP contribution in [0, 0.1) is 0 Å². The summed E-state index contributed by atoms with van der Waals surface area (Å²) in [6.07, 6.45) is 1.77. The topological polar surface area (TPSA) is 95.4 Å². The van der Waals surface area contributed by atoms with Crippen LogP contribution in [0.1, 0.15) is 18.5 Å². The van der Waals surface area contributed by atoms with Crippen LogP contribution in [-0.4, -0.2) is 42.3 Å². The van der Waals surface area contributed by atoms with Crippen molar-refractivity contribution >= 4 is 57.9 Å². The van der Waals surface area contributed by atoms with Gasteiger partial charge in [0, 0.05) is 13.0 Å². The molecule has 0 saturated carbocycles. The fourth-order valence-electron chi connectivity index (χ4n) is 2.59. The number of carboxylic acid groups (broad SMARTS) is 1. The van der Waals surface area contributed by atoms with Gasteiger partial charge in [-0.3, -0.25) is 24.0 Å². The van der Waals surface area contributed by atoms with Gasteiger partial charge in [0.1, 0.15) is 9.47 Å². The van der Waals surface area contributed by atoms with E-state index >= 15 is 0 Å². The van der Waals surface area contributed by atoms with Gasteiger partial charge in [-0.05, 0) is 24.6 Å².